The monoisotopic (exact) mass is 460 g/mol. The zero-order chi connectivity index (χ0) is 22.0. The van der Waals surface area contributed by atoms with E-state index in [9.17, 15) is 14.7 Å². The SMILES string of the molecule is O=C(N[C@@H](Cc1ccc(OC(=S)N2CC3CC2CO3)cc1)C(=O)O)c1ccccc1Cl. The smallest absolute Gasteiger partial charge is 0.326 e. The Balaban J connectivity index is 1.36. The second-order valence-corrected chi connectivity index (χ2v) is 8.31. The van der Waals surface area contributed by atoms with Crippen molar-refractivity contribution in [3.05, 3.63) is 64.7 Å². The highest BCUT2D eigenvalue weighted by molar-refractivity contribution is 7.80. The van der Waals surface area contributed by atoms with Gasteiger partial charge in [-0.25, -0.2) is 4.79 Å². The highest BCUT2D eigenvalue weighted by Gasteiger charge is 2.40. The minimum atomic E-state index is -1.13. The molecule has 2 aliphatic heterocycles. The summed E-state index contributed by atoms with van der Waals surface area (Å²) in [5.74, 6) is -1.09. The van der Waals surface area contributed by atoms with Crippen molar-refractivity contribution in [3.63, 3.8) is 0 Å². The standard InChI is InChI=1S/C22H21ClN2O5S/c23-18-4-2-1-3-17(18)20(26)24-19(21(27)28)9-13-5-7-15(8-6-13)30-22(31)25-11-16-10-14(25)12-29-16/h1-8,14,16,19H,9-12H2,(H,24,26)(H,27,28)/t14?,16?,19-/m0/s1. The number of nitrogens with zero attached hydrogens (tertiary/aromatic N) is 1. The summed E-state index contributed by atoms with van der Waals surface area (Å²) in [6.07, 6.45) is 1.31. The number of hydrogen-bond donors (Lipinski definition) is 2. The Bertz CT molecular complexity index is 1000. The number of ether oxygens (including phenoxy) is 2. The van der Waals surface area contributed by atoms with Crippen molar-refractivity contribution < 1.29 is 24.2 Å². The molecular formula is C22H21ClN2O5S. The molecule has 31 heavy (non-hydrogen) atoms. The largest absolute Gasteiger partial charge is 0.480 e. The van der Waals surface area contributed by atoms with Crippen LogP contribution in [0.15, 0.2) is 48.5 Å². The molecule has 4 rings (SSSR count). The number of hydrogen-bond acceptors (Lipinski definition) is 5. The van der Waals surface area contributed by atoms with Gasteiger partial charge in [-0.3, -0.25) is 4.79 Å². The number of likely N-dealkylation sites (tertiary alicyclic amines) is 1. The maximum atomic E-state index is 12.4. The molecule has 0 aliphatic carbocycles. The minimum Gasteiger partial charge on any atom is -0.480 e. The molecule has 0 aromatic heterocycles. The number of carboxylic acid groups (broad SMARTS) is 1. The predicted molar refractivity (Wildman–Crippen MR) is 119 cm³/mol. The third kappa shape index (κ3) is 4.98. The Kier molecular flexibility index (Phi) is 6.41. The Morgan fingerprint density at radius 3 is 2.61 bits per heavy atom. The van der Waals surface area contributed by atoms with Gasteiger partial charge in [0.15, 0.2) is 0 Å². The number of fused-ring (bicyclic) bond motifs is 2. The van der Waals surface area contributed by atoms with Crippen LogP contribution < -0.4 is 10.1 Å². The number of carbonyl (C=O) groups excluding carboxylic acids is 1. The Morgan fingerprint density at radius 1 is 1.26 bits per heavy atom. The molecule has 0 radical (unpaired) electrons. The normalized spacial score (nSPS) is 20.4. The minimum absolute atomic E-state index is 0.115. The van der Waals surface area contributed by atoms with E-state index in [1.165, 1.54) is 0 Å². The molecule has 2 unspecified atom stereocenters. The molecular weight excluding hydrogens is 440 g/mol. The zero-order valence-corrected chi connectivity index (χ0v) is 18.1. The number of carboxylic acids is 1. The number of halogens is 1. The van der Waals surface area contributed by atoms with Crippen LogP contribution in [0.4, 0.5) is 0 Å². The quantitative estimate of drug-likeness (QED) is 0.641. The van der Waals surface area contributed by atoms with Crippen LogP contribution >= 0.6 is 23.8 Å². The van der Waals surface area contributed by atoms with Gasteiger partial charge in [-0.1, -0.05) is 35.9 Å². The molecule has 2 aromatic rings. The Hall–Kier alpha value is -2.68. The van der Waals surface area contributed by atoms with E-state index in [2.05, 4.69) is 5.32 Å². The highest BCUT2D eigenvalue weighted by Crippen LogP contribution is 2.29. The fourth-order valence-corrected chi connectivity index (χ4v) is 4.33. The summed E-state index contributed by atoms with van der Waals surface area (Å²) < 4.78 is 11.4. The number of nitrogens with one attached hydrogen (secondary N) is 1. The average molecular weight is 461 g/mol. The summed E-state index contributed by atoms with van der Waals surface area (Å²) in [6, 6.07) is 12.7. The first-order chi connectivity index (χ1) is 14.9. The summed E-state index contributed by atoms with van der Waals surface area (Å²) in [5.41, 5.74) is 0.965. The van der Waals surface area contributed by atoms with E-state index in [4.69, 9.17) is 33.3 Å². The highest BCUT2D eigenvalue weighted by atomic mass is 35.5. The number of aliphatic carboxylic acids is 1. The number of thiocarbonyl (C=S) groups is 1. The molecule has 2 saturated heterocycles. The van der Waals surface area contributed by atoms with Gasteiger partial charge in [-0.15, -0.1) is 0 Å². The number of rotatable bonds is 6. The van der Waals surface area contributed by atoms with Gasteiger partial charge in [0.25, 0.3) is 11.1 Å². The van der Waals surface area contributed by atoms with E-state index in [1.807, 2.05) is 4.90 Å². The maximum Gasteiger partial charge on any atom is 0.326 e. The van der Waals surface area contributed by atoms with Gasteiger partial charge < -0.3 is 24.8 Å². The van der Waals surface area contributed by atoms with Crippen molar-refractivity contribution in [3.8, 4) is 5.75 Å². The zero-order valence-electron chi connectivity index (χ0n) is 16.5. The van der Waals surface area contributed by atoms with E-state index >= 15 is 0 Å². The van der Waals surface area contributed by atoms with E-state index in [1.54, 1.807) is 48.5 Å². The molecule has 2 N–H and O–H groups in total. The van der Waals surface area contributed by atoms with Gasteiger partial charge in [0.05, 0.1) is 29.3 Å². The van der Waals surface area contributed by atoms with E-state index < -0.39 is 17.9 Å². The molecule has 2 fully saturated rings. The molecule has 9 heteroatoms. The average Bonchev–Trinajstić information content (AvgIpc) is 3.38. The van der Waals surface area contributed by atoms with E-state index in [-0.39, 0.29) is 29.2 Å². The summed E-state index contributed by atoms with van der Waals surface area (Å²) in [4.78, 5) is 26.1. The van der Waals surface area contributed by atoms with Crippen molar-refractivity contribution in [2.45, 2.75) is 31.0 Å². The summed E-state index contributed by atoms with van der Waals surface area (Å²) in [5, 5.41) is 12.7. The first kappa shape index (κ1) is 21.5. The molecule has 0 spiro atoms. The number of morpholine rings is 1. The molecule has 2 heterocycles. The number of benzene rings is 2. The molecule has 162 valence electrons. The van der Waals surface area contributed by atoms with Gasteiger partial charge in [0, 0.05) is 13.0 Å². The summed E-state index contributed by atoms with van der Waals surface area (Å²) in [6.45, 7) is 1.41. The first-order valence-electron chi connectivity index (χ1n) is 9.88. The lowest BCUT2D eigenvalue weighted by Gasteiger charge is -2.28. The number of amides is 1. The fourth-order valence-electron chi connectivity index (χ4n) is 3.79. The lowest BCUT2D eigenvalue weighted by atomic mass is 10.1. The second-order valence-electron chi connectivity index (χ2n) is 7.56. The van der Waals surface area contributed by atoms with Crippen molar-refractivity contribution in [1.29, 1.82) is 0 Å². The summed E-state index contributed by atoms with van der Waals surface area (Å²) in [7, 11) is 0. The third-order valence-corrected chi connectivity index (χ3v) is 6.07. The molecule has 1 amide bonds. The van der Waals surface area contributed by atoms with Gasteiger partial charge in [0.1, 0.15) is 11.8 Å². The van der Waals surface area contributed by atoms with Crippen molar-refractivity contribution in [2.24, 2.45) is 0 Å². The van der Waals surface area contributed by atoms with Crippen molar-refractivity contribution >= 4 is 40.9 Å². The topological polar surface area (TPSA) is 88.1 Å². The molecule has 3 atom stereocenters. The molecule has 2 aliphatic rings. The molecule has 7 nitrogen and oxygen atoms in total. The van der Waals surface area contributed by atoms with Crippen LogP contribution in [0, 0.1) is 0 Å². The van der Waals surface area contributed by atoms with Crippen LogP contribution in [0.5, 0.6) is 5.75 Å². The maximum absolute atomic E-state index is 12.4. The van der Waals surface area contributed by atoms with Crippen molar-refractivity contribution in [1.82, 2.24) is 10.2 Å². The molecule has 2 aromatic carbocycles. The predicted octanol–water partition coefficient (Wildman–Crippen LogP) is 2.90. The molecule has 2 bridgehead atoms. The van der Waals surface area contributed by atoms with Gasteiger partial charge in [0.2, 0.25) is 0 Å². The van der Waals surface area contributed by atoms with Crippen molar-refractivity contribution in [2.75, 3.05) is 13.2 Å². The van der Waals surface area contributed by atoms with E-state index in [0.717, 1.165) is 18.5 Å². The third-order valence-electron chi connectivity index (χ3n) is 5.43. The second kappa shape index (κ2) is 9.21. The van der Waals surface area contributed by atoms with Gasteiger partial charge in [-0.2, -0.15) is 0 Å². The lowest BCUT2D eigenvalue weighted by Crippen LogP contribution is -2.42. The fraction of sp³-hybridized carbons (Fsp3) is 0.318. The lowest BCUT2D eigenvalue weighted by molar-refractivity contribution is -0.139. The van der Waals surface area contributed by atoms with Crippen LogP contribution in [-0.2, 0) is 16.0 Å². The van der Waals surface area contributed by atoms with Crippen LogP contribution in [-0.4, -0.2) is 58.4 Å². The van der Waals surface area contributed by atoms with Gasteiger partial charge >= 0.3 is 5.97 Å². The van der Waals surface area contributed by atoms with E-state index in [0.29, 0.717) is 17.5 Å². The van der Waals surface area contributed by atoms with Crippen LogP contribution in [0.1, 0.15) is 22.3 Å². The Labute approximate surface area is 189 Å². The van der Waals surface area contributed by atoms with Crippen LogP contribution in [0.25, 0.3) is 0 Å². The summed E-state index contributed by atoms with van der Waals surface area (Å²) >= 11 is 11.4. The van der Waals surface area contributed by atoms with Crippen LogP contribution in [0.3, 0.4) is 0 Å². The van der Waals surface area contributed by atoms with Gasteiger partial charge in [-0.05, 0) is 48.5 Å². The first-order valence-corrected chi connectivity index (χ1v) is 10.7. The molecule has 0 saturated carbocycles. The van der Waals surface area contributed by atoms with Crippen LogP contribution in [0.2, 0.25) is 5.02 Å². The number of carbonyl (C=O) groups is 2. The Morgan fingerprint density at radius 2 is 2.00 bits per heavy atom.